The molecule has 0 saturated heterocycles. The predicted molar refractivity (Wildman–Crippen MR) is 116 cm³/mol. The standard InChI is InChI=1S/C23H22Cl2N2O4/c1-11-5-8-16-22(2,3)18-12(14(28)6-7-15(18)29)10-23(16,4)19(11)31-20(30)13-9-17(24)27-21(25)26-13/h5-7,9,16,19H,8,10H2,1-4H3. The van der Waals surface area contributed by atoms with Crippen molar-refractivity contribution in [1.29, 1.82) is 0 Å². The van der Waals surface area contributed by atoms with E-state index in [-0.39, 0.29) is 33.6 Å². The van der Waals surface area contributed by atoms with Gasteiger partial charge in [0.15, 0.2) is 17.3 Å². The van der Waals surface area contributed by atoms with Crippen LogP contribution < -0.4 is 0 Å². The summed E-state index contributed by atoms with van der Waals surface area (Å²) in [5, 5.41) is -0.107. The first kappa shape index (κ1) is 21.9. The van der Waals surface area contributed by atoms with Crippen LogP contribution in [0.5, 0.6) is 0 Å². The van der Waals surface area contributed by atoms with E-state index in [2.05, 4.69) is 9.97 Å². The Bertz CT molecular complexity index is 1100. The number of ketones is 2. The van der Waals surface area contributed by atoms with Crippen molar-refractivity contribution in [3.8, 4) is 0 Å². The number of esters is 1. The second-order valence-corrected chi connectivity index (χ2v) is 9.91. The van der Waals surface area contributed by atoms with Gasteiger partial charge in [-0.15, -0.1) is 0 Å². The molecule has 0 fully saturated rings. The molecule has 0 aliphatic heterocycles. The van der Waals surface area contributed by atoms with Gasteiger partial charge in [-0.3, -0.25) is 9.59 Å². The van der Waals surface area contributed by atoms with Crippen molar-refractivity contribution in [2.45, 2.75) is 46.6 Å². The number of hydrogen-bond donors (Lipinski definition) is 0. The quantitative estimate of drug-likeness (QED) is 0.208. The molecule has 3 unspecified atom stereocenters. The van der Waals surface area contributed by atoms with E-state index >= 15 is 0 Å². The third-order valence-corrected chi connectivity index (χ3v) is 7.25. The van der Waals surface area contributed by atoms with E-state index in [4.69, 9.17) is 27.9 Å². The highest BCUT2D eigenvalue weighted by atomic mass is 35.5. The molecule has 3 aliphatic carbocycles. The van der Waals surface area contributed by atoms with Gasteiger partial charge in [-0.05, 0) is 60.4 Å². The normalized spacial score (nSPS) is 29.3. The number of halogens is 2. The number of hydrogen-bond acceptors (Lipinski definition) is 6. The summed E-state index contributed by atoms with van der Waals surface area (Å²) in [6.07, 6.45) is 5.20. The minimum atomic E-state index is -0.672. The molecule has 162 valence electrons. The van der Waals surface area contributed by atoms with Crippen molar-refractivity contribution in [1.82, 2.24) is 9.97 Å². The zero-order valence-electron chi connectivity index (χ0n) is 17.7. The first-order valence-corrected chi connectivity index (χ1v) is 10.8. The second kappa shape index (κ2) is 7.38. The van der Waals surface area contributed by atoms with Gasteiger partial charge in [0.05, 0.1) is 0 Å². The van der Waals surface area contributed by atoms with Gasteiger partial charge in [-0.2, -0.15) is 0 Å². The van der Waals surface area contributed by atoms with Crippen molar-refractivity contribution in [3.05, 3.63) is 57.1 Å². The molecule has 0 N–H and O–H groups in total. The lowest BCUT2D eigenvalue weighted by molar-refractivity contribution is -0.120. The van der Waals surface area contributed by atoms with E-state index in [1.165, 1.54) is 18.2 Å². The number of ether oxygens (including phenoxy) is 1. The number of fused-ring (bicyclic) bond motifs is 1. The van der Waals surface area contributed by atoms with Crippen molar-refractivity contribution in [2.75, 3.05) is 0 Å². The molecule has 3 aliphatic rings. The summed E-state index contributed by atoms with van der Waals surface area (Å²) in [5.41, 5.74) is 0.797. The summed E-state index contributed by atoms with van der Waals surface area (Å²) in [6, 6.07) is 1.30. The smallest absolute Gasteiger partial charge is 0.357 e. The maximum absolute atomic E-state index is 12.9. The summed E-state index contributed by atoms with van der Waals surface area (Å²) in [7, 11) is 0. The van der Waals surface area contributed by atoms with E-state index in [9.17, 15) is 14.4 Å². The second-order valence-electron chi connectivity index (χ2n) is 9.19. The van der Waals surface area contributed by atoms with Crippen LogP contribution in [0, 0.1) is 16.7 Å². The molecule has 0 spiro atoms. The topological polar surface area (TPSA) is 86.2 Å². The molecule has 3 atom stereocenters. The predicted octanol–water partition coefficient (Wildman–Crippen LogP) is 4.72. The van der Waals surface area contributed by atoms with E-state index in [0.29, 0.717) is 17.6 Å². The molecule has 8 heteroatoms. The first-order valence-electron chi connectivity index (χ1n) is 10.0. The molecule has 0 radical (unpaired) electrons. The SMILES string of the molecule is CC1=CCC2C(C)(C)C3=C(CC2(C)C1OC(=O)c1cc(Cl)nc(Cl)n1)C(=O)C=CC3=O. The molecule has 0 amide bonds. The van der Waals surface area contributed by atoms with Crippen LogP contribution in [0.15, 0.2) is 41.0 Å². The Morgan fingerprint density at radius 3 is 2.48 bits per heavy atom. The Morgan fingerprint density at radius 2 is 1.81 bits per heavy atom. The van der Waals surface area contributed by atoms with Gasteiger partial charge in [0.25, 0.3) is 0 Å². The highest BCUT2D eigenvalue weighted by Gasteiger charge is 2.58. The molecular weight excluding hydrogens is 439 g/mol. The fourth-order valence-electron chi connectivity index (χ4n) is 5.65. The highest BCUT2D eigenvalue weighted by molar-refractivity contribution is 6.32. The zero-order chi connectivity index (χ0) is 22.7. The van der Waals surface area contributed by atoms with Gasteiger partial charge in [0.2, 0.25) is 5.28 Å². The lowest BCUT2D eigenvalue weighted by atomic mass is 9.48. The summed E-state index contributed by atoms with van der Waals surface area (Å²) >= 11 is 11.7. The van der Waals surface area contributed by atoms with Crippen LogP contribution in [0.3, 0.4) is 0 Å². The highest BCUT2D eigenvalue weighted by Crippen LogP contribution is 2.60. The summed E-state index contributed by atoms with van der Waals surface area (Å²) in [5.74, 6) is -0.962. The molecule has 4 rings (SSSR count). The minimum absolute atomic E-state index is 0.0129. The average Bonchev–Trinajstić information content (AvgIpc) is 2.66. The number of nitrogens with zero attached hydrogens (tertiary/aromatic N) is 2. The maximum Gasteiger partial charge on any atom is 0.357 e. The zero-order valence-corrected chi connectivity index (χ0v) is 19.2. The molecular formula is C23H22Cl2N2O4. The van der Waals surface area contributed by atoms with Gasteiger partial charge in [0, 0.05) is 22.6 Å². The van der Waals surface area contributed by atoms with Crippen LogP contribution in [0.2, 0.25) is 10.4 Å². The monoisotopic (exact) mass is 460 g/mol. The summed E-state index contributed by atoms with van der Waals surface area (Å²) in [6.45, 7) is 7.91. The fourth-order valence-corrected chi connectivity index (χ4v) is 6.06. The van der Waals surface area contributed by atoms with Crippen LogP contribution in [0.25, 0.3) is 0 Å². The lowest BCUT2D eigenvalue weighted by Gasteiger charge is -2.56. The lowest BCUT2D eigenvalue weighted by Crippen LogP contribution is -2.55. The van der Waals surface area contributed by atoms with E-state index in [0.717, 1.165) is 12.0 Å². The Morgan fingerprint density at radius 1 is 1.13 bits per heavy atom. The van der Waals surface area contributed by atoms with Gasteiger partial charge >= 0.3 is 5.97 Å². The van der Waals surface area contributed by atoms with Crippen molar-refractivity contribution < 1.29 is 19.1 Å². The number of carbonyl (C=O) groups excluding carboxylic acids is 3. The molecule has 0 aromatic carbocycles. The molecule has 1 aromatic rings. The van der Waals surface area contributed by atoms with E-state index in [1.54, 1.807) is 0 Å². The van der Waals surface area contributed by atoms with Crippen LogP contribution in [-0.2, 0) is 14.3 Å². The molecule has 0 bridgehead atoms. The molecule has 1 heterocycles. The first-order chi connectivity index (χ1) is 14.4. The van der Waals surface area contributed by atoms with Crippen molar-refractivity contribution in [2.24, 2.45) is 16.7 Å². The molecule has 1 aromatic heterocycles. The Kier molecular flexibility index (Phi) is 5.22. The summed E-state index contributed by atoms with van der Waals surface area (Å²) < 4.78 is 5.96. The number of rotatable bonds is 2. The number of carbonyl (C=O) groups is 3. The van der Waals surface area contributed by atoms with Crippen LogP contribution >= 0.6 is 23.2 Å². The van der Waals surface area contributed by atoms with E-state index in [1.807, 2.05) is 33.8 Å². The maximum atomic E-state index is 12.9. The Hall–Kier alpha value is -2.31. The fraction of sp³-hybridized carbons (Fsp3) is 0.435. The Labute approximate surface area is 190 Å². The molecule has 0 saturated carbocycles. The minimum Gasteiger partial charge on any atom is -0.453 e. The largest absolute Gasteiger partial charge is 0.453 e. The molecule has 31 heavy (non-hydrogen) atoms. The van der Waals surface area contributed by atoms with Gasteiger partial charge in [0.1, 0.15) is 11.3 Å². The van der Waals surface area contributed by atoms with Crippen LogP contribution in [-0.4, -0.2) is 33.6 Å². The van der Waals surface area contributed by atoms with Gasteiger partial charge in [-0.1, -0.05) is 38.4 Å². The van der Waals surface area contributed by atoms with Gasteiger partial charge < -0.3 is 4.74 Å². The van der Waals surface area contributed by atoms with Gasteiger partial charge in [-0.25, -0.2) is 14.8 Å². The molecule has 6 nitrogen and oxygen atoms in total. The number of allylic oxidation sites excluding steroid dienone is 5. The third-order valence-electron chi connectivity index (χ3n) is 6.89. The number of aromatic nitrogens is 2. The van der Waals surface area contributed by atoms with Crippen molar-refractivity contribution >= 4 is 40.7 Å². The van der Waals surface area contributed by atoms with Crippen LogP contribution in [0.4, 0.5) is 0 Å². The summed E-state index contributed by atoms with van der Waals surface area (Å²) in [4.78, 5) is 46.0. The van der Waals surface area contributed by atoms with Crippen LogP contribution in [0.1, 0.15) is 51.0 Å². The average molecular weight is 461 g/mol. The van der Waals surface area contributed by atoms with Crippen molar-refractivity contribution in [3.63, 3.8) is 0 Å². The van der Waals surface area contributed by atoms with E-state index < -0.39 is 22.9 Å². The Balaban J connectivity index is 1.76. The third kappa shape index (κ3) is 3.46.